The van der Waals surface area contributed by atoms with E-state index < -0.39 is 0 Å². The summed E-state index contributed by atoms with van der Waals surface area (Å²) < 4.78 is 5.34. The maximum absolute atomic E-state index is 5.34. The number of nitrogens with one attached hydrogen (secondary N) is 2. The van der Waals surface area contributed by atoms with Gasteiger partial charge in [0, 0.05) is 25.2 Å². The van der Waals surface area contributed by atoms with Crippen LogP contribution in [0.1, 0.15) is 6.92 Å². The van der Waals surface area contributed by atoms with Gasteiger partial charge >= 0.3 is 0 Å². The van der Waals surface area contributed by atoms with Crippen LogP contribution >= 0.6 is 0 Å². The first-order valence-corrected chi connectivity index (χ1v) is 5.80. The van der Waals surface area contributed by atoms with Crippen LogP contribution in [0.25, 0.3) is 0 Å². The predicted molar refractivity (Wildman–Crippen MR) is 60.5 cm³/mol. The molecule has 0 radical (unpaired) electrons. The van der Waals surface area contributed by atoms with E-state index in [1.807, 2.05) is 13.0 Å². The molecule has 0 bridgehead atoms. The van der Waals surface area contributed by atoms with Gasteiger partial charge in [-0.15, -0.1) is 0 Å². The molecule has 1 saturated heterocycles. The predicted octanol–water partition coefficient (Wildman–Crippen LogP) is 0.505. The Morgan fingerprint density at radius 3 is 3.00 bits per heavy atom. The van der Waals surface area contributed by atoms with Crippen molar-refractivity contribution in [3.63, 3.8) is 0 Å². The Hall–Kier alpha value is -1.36. The molecule has 16 heavy (non-hydrogen) atoms. The van der Waals surface area contributed by atoms with Crippen LogP contribution in [0.2, 0.25) is 0 Å². The summed E-state index contributed by atoms with van der Waals surface area (Å²) in [7, 11) is 0. The van der Waals surface area contributed by atoms with Crippen molar-refractivity contribution < 1.29 is 4.74 Å². The third-order valence-corrected chi connectivity index (χ3v) is 3.34. The minimum Gasteiger partial charge on any atom is -0.478 e. The first-order valence-electron chi connectivity index (χ1n) is 5.80. The molecule has 2 N–H and O–H groups in total. The number of anilines is 1. The number of hydrogen-bond acceptors (Lipinski definition) is 5. The molecule has 1 aromatic heterocycles. The highest BCUT2D eigenvalue weighted by Crippen LogP contribution is 2.43. The molecule has 2 aliphatic rings. The zero-order chi connectivity index (χ0) is 11.0. The summed E-state index contributed by atoms with van der Waals surface area (Å²) >= 11 is 0. The molecule has 2 atom stereocenters. The van der Waals surface area contributed by atoms with Gasteiger partial charge in [-0.05, 0) is 18.8 Å². The van der Waals surface area contributed by atoms with Crippen LogP contribution in [0, 0.1) is 11.8 Å². The number of piperidine rings is 1. The van der Waals surface area contributed by atoms with Gasteiger partial charge in [0.15, 0.2) is 0 Å². The van der Waals surface area contributed by atoms with E-state index in [2.05, 4.69) is 20.6 Å². The van der Waals surface area contributed by atoms with Gasteiger partial charge in [-0.25, -0.2) is 9.97 Å². The summed E-state index contributed by atoms with van der Waals surface area (Å²) in [6.45, 7) is 4.85. The third-order valence-electron chi connectivity index (χ3n) is 3.34. The first kappa shape index (κ1) is 9.84. The SMILES string of the molecule is CCOc1cc(NC2C3CNCC32)ncn1. The van der Waals surface area contributed by atoms with Crippen molar-refractivity contribution in [2.24, 2.45) is 11.8 Å². The van der Waals surface area contributed by atoms with Crippen LogP contribution < -0.4 is 15.4 Å². The van der Waals surface area contributed by atoms with E-state index in [1.165, 1.54) is 0 Å². The van der Waals surface area contributed by atoms with Gasteiger partial charge in [-0.1, -0.05) is 0 Å². The van der Waals surface area contributed by atoms with Crippen LogP contribution in [0.5, 0.6) is 5.88 Å². The summed E-state index contributed by atoms with van der Waals surface area (Å²) in [5, 5.41) is 6.82. The van der Waals surface area contributed by atoms with E-state index in [4.69, 9.17) is 4.74 Å². The van der Waals surface area contributed by atoms with Gasteiger partial charge in [0.25, 0.3) is 0 Å². The molecular formula is C11H16N4O. The highest BCUT2D eigenvalue weighted by molar-refractivity contribution is 5.41. The van der Waals surface area contributed by atoms with Gasteiger partial charge < -0.3 is 15.4 Å². The molecule has 0 spiro atoms. The summed E-state index contributed by atoms with van der Waals surface area (Å²) in [4.78, 5) is 8.25. The van der Waals surface area contributed by atoms with E-state index in [0.717, 1.165) is 30.7 Å². The van der Waals surface area contributed by atoms with Crippen LogP contribution in [0.3, 0.4) is 0 Å². The molecule has 1 aromatic rings. The first-order chi connectivity index (χ1) is 7.88. The molecule has 86 valence electrons. The zero-order valence-corrected chi connectivity index (χ0v) is 9.31. The van der Waals surface area contributed by atoms with Gasteiger partial charge in [0.05, 0.1) is 6.61 Å². The van der Waals surface area contributed by atoms with E-state index in [9.17, 15) is 0 Å². The van der Waals surface area contributed by atoms with Crippen LogP contribution in [0.4, 0.5) is 5.82 Å². The fourth-order valence-corrected chi connectivity index (χ4v) is 2.45. The Kier molecular flexibility index (Phi) is 2.40. The Morgan fingerprint density at radius 1 is 1.44 bits per heavy atom. The number of fused-ring (bicyclic) bond motifs is 1. The molecule has 1 saturated carbocycles. The smallest absolute Gasteiger partial charge is 0.218 e. The second-order valence-corrected chi connectivity index (χ2v) is 4.33. The van der Waals surface area contributed by atoms with Crippen molar-refractivity contribution in [3.8, 4) is 5.88 Å². The maximum atomic E-state index is 5.34. The molecule has 0 amide bonds. The Balaban J connectivity index is 1.64. The Labute approximate surface area is 94.6 Å². The van der Waals surface area contributed by atoms with E-state index >= 15 is 0 Å². The molecule has 2 unspecified atom stereocenters. The summed E-state index contributed by atoms with van der Waals surface area (Å²) in [6.07, 6.45) is 1.55. The Bertz CT molecular complexity index is 374. The fourth-order valence-electron chi connectivity index (χ4n) is 2.45. The van der Waals surface area contributed by atoms with Crippen LogP contribution in [0.15, 0.2) is 12.4 Å². The lowest BCUT2D eigenvalue weighted by atomic mass is 10.4. The lowest BCUT2D eigenvalue weighted by Gasteiger charge is -2.08. The standard InChI is InChI=1S/C11H16N4O/c1-2-16-10-3-9(13-6-14-10)15-11-7-4-12-5-8(7)11/h3,6-8,11-12H,2,4-5H2,1H3,(H,13,14,15). The molecule has 1 aliphatic heterocycles. The van der Waals surface area contributed by atoms with Crippen LogP contribution in [-0.4, -0.2) is 35.7 Å². The number of rotatable bonds is 4. The third kappa shape index (κ3) is 1.71. The quantitative estimate of drug-likeness (QED) is 0.774. The van der Waals surface area contributed by atoms with Crippen molar-refractivity contribution in [2.75, 3.05) is 25.0 Å². The fraction of sp³-hybridized carbons (Fsp3) is 0.636. The molecule has 2 heterocycles. The summed E-state index contributed by atoms with van der Waals surface area (Å²) in [5.41, 5.74) is 0. The number of aromatic nitrogens is 2. The highest BCUT2D eigenvalue weighted by atomic mass is 16.5. The zero-order valence-electron chi connectivity index (χ0n) is 9.31. The van der Waals surface area contributed by atoms with Crippen molar-refractivity contribution in [1.82, 2.24) is 15.3 Å². The van der Waals surface area contributed by atoms with Gasteiger partial charge in [0.1, 0.15) is 12.1 Å². The van der Waals surface area contributed by atoms with Crippen molar-refractivity contribution in [3.05, 3.63) is 12.4 Å². The monoisotopic (exact) mass is 220 g/mol. The highest BCUT2D eigenvalue weighted by Gasteiger charge is 2.53. The molecular weight excluding hydrogens is 204 g/mol. The summed E-state index contributed by atoms with van der Waals surface area (Å²) in [5.74, 6) is 3.08. The molecule has 2 fully saturated rings. The average Bonchev–Trinajstić information content (AvgIpc) is 2.75. The van der Waals surface area contributed by atoms with E-state index in [1.54, 1.807) is 6.33 Å². The lowest BCUT2D eigenvalue weighted by molar-refractivity contribution is 0.326. The average molecular weight is 220 g/mol. The summed E-state index contributed by atoms with van der Waals surface area (Å²) in [6, 6.07) is 2.45. The second kappa shape index (κ2) is 3.90. The minimum absolute atomic E-state index is 0.589. The number of hydrogen-bond donors (Lipinski definition) is 2. The maximum Gasteiger partial charge on any atom is 0.218 e. The lowest BCUT2D eigenvalue weighted by Crippen LogP contribution is -2.21. The van der Waals surface area contributed by atoms with Crippen molar-refractivity contribution in [1.29, 1.82) is 0 Å². The molecule has 0 aromatic carbocycles. The largest absolute Gasteiger partial charge is 0.478 e. The number of nitrogens with zero attached hydrogens (tertiary/aromatic N) is 2. The molecule has 1 aliphatic carbocycles. The molecule has 5 nitrogen and oxygen atoms in total. The Morgan fingerprint density at radius 2 is 2.25 bits per heavy atom. The van der Waals surface area contributed by atoms with E-state index in [-0.39, 0.29) is 0 Å². The van der Waals surface area contributed by atoms with E-state index in [0.29, 0.717) is 18.5 Å². The second-order valence-electron chi connectivity index (χ2n) is 4.33. The molecule has 5 heteroatoms. The van der Waals surface area contributed by atoms with Crippen LogP contribution in [-0.2, 0) is 0 Å². The van der Waals surface area contributed by atoms with Crippen molar-refractivity contribution in [2.45, 2.75) is 13.0 Å². The number of ether oxygens (including phenoxy) is 1. The van der Waals surface area contributed by atoms with Gasteiger partial charge in [-0.3, -0.25) is 0 Å². The normalized spacial score (nSPS) is 30.9. The van der Waals surface area contributed by atoms with Gasteiger partial charge in [-0.2, -0.15) is 0 Å². The minimum atomic E-state index is 0.589. The van der Waals surface area contributed by atoms with Gasteiger partial charge in [0.2, 0.25) is 5.88 Å². The topological polar surface area (TPSA) is 59.1 Å². The van der Waals surface area contributed by atoms with Crippen molar-refractivity contribution >= 4 is 5.82 Å². The molecule has 3 rings (SSSR count).